The van der Waals surface area contributed by atoms with Crippen molar-refractivity contribution in [1.29, 1.82) is 0 Å². The molecule has 0 bridgehead atoms. The molecule has 1 heterocycles. The first kappa shape index (κ1) is 12.9. The van der Waals surface area contributed by atoms with E-state index in [1.807, 2.05) is 0 Å². The molecule has 2 N–H and O–H groups in total. The fraction of sp³-hybridized carbons (Fsp3) is 1.00. The van der Waals surface area contributed by atoms with E-state index in [9.17, 15) is 0 Å². The molecule has 3 rings (SSSR count). The molecule has 0 aromatic carbocycles. The van der Waals surface area contributed by atoms with Gasteiger partial charge in [-0.25, -0.2) is 0 Å². The number of hydrogen-bond acceptors (Lipinski definition) is 2. The Balaban J connectivity index is 1.43. The highest BCUT2D eigenvalue weighted by Gasteiger charge is 2.41. The Morgan fingerprint density at radius 2 is 1.72 bits per heavy atom. The van der Waals surface area contributed by atoms with Crippen LogP contribution in [0.3, 0.4) is 0 Å². The minimum Gasteiger partial charge on any atom is -0.314 e. The van der Waals surface area contributed by atoms with Crippen LogP contribution >= 0.6 is 0 Å². The van der Waals surface area contributed by atoms with Crippen LogP contribution in [-0.2, 0) is 0 Å². The van der Waals surface area contributed by atoms with Crippen LogP contribution in [0.4, 0.5) is 0 Å². The molecule has 18 heavy (non-hydrogen) atoms. The summed E-state index contributed by atoms with van der Waals surface area (Å²) in [5.74, 6) is 2.06. The van der Waals surface area contributed by atoms with Gasteiger partial charge in [-0.05, 0) is 70.3 Å². The predicted octanol–water partition coefficient (Wildman–Crippen LogP) is 3.08. The third kappa shape index (κ3) is 3.71. The monoisotopic (exact) mass is 250 g/mol. The van der Waals surface area contributed by atoms with E-state index in [1.54, 1.807) is 0 Å². The molecular formula is C16H30N2. The Bertz CT molecular complexity index is 238. The summed E-state index contributed by atoms with van der Waals surface area (Å²) < 4.78 is 0. The van der Waals surface area contributed by atoms with Gasteiger partial charge in [0, 0.05) is 18.1 Å². The Hall–Kier alpha value is -0.0800. The predicted molar refractivity (Wildman–Crippen MR) is 76.7 cm³/mol. The summed E-state index contributed by atoms with van der Waals surface area (Å²) in [6.45, 7) is 3.65. The van der Waals surface area contributed by atoms with Gasteiger partial charge in [-0.15, -0.1) is 0 Å². The lowest BCUT2D eigenvalue weighted by molar-refractivity contribution is 0.331. The maximum atomic E-state index is 3.97. The molecule has 0 aromatic heterocycles. The van der Waals surface area contributed by atoms with Crippen molar-refractivity contribution >= 4 is 0 Å². The van der Waals surface area contributed by atoms with E-state index in [-0.39, 0.29) is 0 Å². The zero-order valence-corrected chi connectivity index (χ0v) is 12.0. The minimum absolute atomic E-state index is 0.701. The maximum absolute atomic E-state index is 3.97. The lowest BCUT2D eigenvalue weighted by Gasteiger charge is -2.26. The van der Waals surface area contributed by atoms with Crippen LogP contribution in [0.2, 0.25) is 0 Å². The molecule has 0 radical (unpaired) electrons. The summed E-state index contributed by atoms with van der Waals surface area (Å²) in [4.78, 5) is 0. The Morgan fingerprint density at radius 3 is 2.39 bits per heavy atom. The number of rotatable bonds is 6. The molecule has 2 unspecified atom stereocenters. The summed E-state index contributed by atoms with van der Waals surface area (Å²) in [6, 6.07) is 2.34. The average Bonchev–Trinajstić information content (AvgIpc) is 3.19. The molecule has 2 nitrogen and oxygen atoms in total. The van der Waals surface area contributed by atoms with Crippen LogP contribution in [0.15, 0.2) is 0 Å². The molecule has 0 spiro atoms. The van der Waals surface area contributed by atoms with Crippen LogP contribution in [0.1, 0.15) is 64.7 Å². The first-order valence-electron chi connectivity index (χ1n) is 8.32. The normalized spacial score (nSPS) is 31.3. The van der Waals surface area contributed by atoms with E-state index in [0.29, 0.717) is 6.04 Å². The van der Waals surface area contributed by atoms with Crippen molar-refractivity contribution in [1.82, 2.24) is 10.6 Å². The molecule has 0 aromatic rings. The van der Waals surface area contributed by atoms with Crippen molar-refractivity contribution in [3.63, 3.8) is 0 Å². The van der Waals surface area contributed by atoms with E-state index in [4.69, 9.17) is 0 Å². The fourth-order valence-corrected chi connectivity index (χ4v) is 3.69. The van der Waals surface area contributed by atoms with E-state index < -0.39 is 0 Å². The standard InChI is InChI=1S/C16H30N2/c1-12(11-15-5-3-2-4-10-17-15)18-16(13-6-7-13)14-8-9-14/h12-18H,2-11H2,1H3. The van der Waals surface area contributed by atoms with Gasteiger partial charge in [-0.3, -0.25) is 0 Å². The van der Waals surface area contributed by atoms with Crippen molar-refractivity contribution in [2.75, 3.05) is 6.54 Å². The summed E-state index contributed by atoms with van der Waals surface area (Å²) in [6.07, 6.45) is 12.9. The number of nitrogens with one attached hydrogen (secondary N) is 2. The summed E-state index contributed by atoms with van der Waals surface area (Å²) in [5.41, 5.74) is 0. The Kier molecular flexibility index (Phi) is 4.25. The molecule has 1 aliphatic heterocycles. The van der Waals surface area contributed by atoms with Gasteiger partial charge in [0.1, 0.15) is 0 Å². The third-order valence-electron chi connectivity index (χ3n) is 5.04. The average molecular weight is 250 g/mol. The van der Waals surface area contributed by atoms with Gasteiger partial charge in [0.25, 0.3) is 0 Å². The van der Waals surface area contributed by atoms with Crippen molar-refractivity contribution in [2.24, 2.45) is 11.8 Å². The van der Waals surface area contributed by atoms with Crippen molar-refractivity contribution < 1.29 is 0 Å². The molecular weight excluding hydrogens is 220 g/mol. The van der Waals surface area contributed by atoms with Crippen molar-refractivity contribution in [3.8, 4) is 0 Å². The van der Waals surface area contributed by atoms with Crippen molar-refractivity contribution in [3.05, 3.63) is 0 Å². The third-order valence-corrected chi connectivity index (χ3v) is 5.04. The lowest BCUT2D eigenvalue weighted by atomic mass is 10.0. The SMILES string of the molecule is CC(CC1CCCCCN1)NC(C1CC1)C1CC1. The highest BCUT2D eigenvalue weighted by atomic mass is 15.0. The summed E-state index contributed by atoms with van der Waals surface area (Å²) >= 11 is 0. The zero-order chi connectivity index (χ0) is 12.4. The van der Waals surface area contributed by atoms with Crippen molar-refractivity contribution in [2.45, 2.75) is 82.8 Å². The molecule has 3 aliphatic rings. The molecule has 2 saturated carbocycles. The van der Waals surface area contributed by atoms with Gasteiger partial charge in [-0.1, -0.05) is 12.8 Å². The fourth-order valence-electron chi connectivity index (χ4n) is 3.69. The lowest BCUT2D eigenvalue weighted by Crippen LogP contribution is -2.43. The van der Waals surface area contributed by atoms with E-state index in [1.165, 1.54) is 64.3 Å². The van der Waals surface area contributed by atoms with E-state index >= 15 is 0 Å². The smallest absolute Gasteiger partial charge is 0.0126 e. The molecule has 2 heteroatoms. The van der Waals surface area contributed by atoms with E-state index in [2.05, 4.69) is 17.6 Å². The molecule has 0 amide bonds. The van der Waals surface area contributed by atoms with Crippen LogP contribution in [-0.4, -0.2) is 24.7 Å². The molecule has 104 valence electrons. The minimum atomic E-state index is 0.701. The van der Waals surface area contributed by atoms with Crippen LogP contribution in [0.25, 0.3) is 0 Å². The highest BCUT2D eigenvalue weighted by molar-refractivity contribution is 4.97. The Morgan fingerprint density at radius 1 is 1.00 bits per heavy atom. The van der Waals surface area contributed by atoms with Crippen LogP contribution in [0.5, 0.6) is 0 Å². The summed E-state index contributed by atoms with van der Waals surface area (Å²) in [5, 5.41) is 7.70. The largest absolute Gasteiger partial charge is 0.314 e. The van der Waals surface area contributed by atoms with Gasteiger partial charge in [-0.2, -0.15) is 0 Å². The number of hydrogen-bond donors (Lipinski definition) is 2. The molecule has 2 atom stereocenters. The van der Waals surface area contributed by atoms with E-state index in [0.717, 1.165) is 23.9 Å². The topological polar surface area (TPSA) is 24.1 Å². The first-order chi connectivity index (χ1) is 8.83. The summed E-state index contributed by atoms with van der Waals surface area (Å²) in [7, 11) is 0. The van der Waals surface area contributed by atoms with Crippen LogP contribution < -0.4 is 10.6 Å². The molecule has 3 fully saturated rings. The zero-order valence-electron chi connectivity index (χ0n) is 12.0. The highest BCUT2D eigenvalue weighted by Crippen LogP contribution is 2.44. The van der Waals surface area contributed by atoms with Gasteiger partial charge in [0.15, 0.2) is 0 Å². The van der Waals surface area contributed by atoms with Crippen LogP contribution in [0, 0.1) is 11.8 Å². The maximum Gasteiger partial charge on any atom is 0.0126 e. The first-order valence-corrected chi connectivity index (χ1v) is 8.32. The second kappa shape index (κ2) is 5.92. The Labute approximate surface area is 112 Å². The van der Waals surface area contributed by atoms with Gasteiger partial charge in [0.05, 0.1) is 0 Å². The van der Waals surface area contributed by atoms with Gasteiger partial charge < -0.3 is 10.6 Å². The van der Waals surface area contributed by atoms with Gasteiger partial charge in [0.2, 0.25) is 0 Å². The van der Waals surface area contributed by atoms with Gasteiger partial charge >= 0.3 is 0 Å². The second-order valence-electron chi connectivity index (χ2n) is 7.00. The quantitative estimate of drug-likeness (QED) is 0.757. The second-order valence-corrected chi connectivity index (χ2v) is 7.00. The molecule has 1 saturated heterocycles. The molecule has 2 aliphatic carbocycles.